The molecule has 4 heterocycles. The lowest BCUT2D eigenvalue weighted by Crippen LogP contribution is -2.42. The third-order valence-electron chi connectivity index (χ3n) is 6.65. The Morgan fingerprint density at radius 2 is 2.06 bits per heavy atom. The van der Waals surface area contributed by atoms with Gasteiger partial charge in [-0.1, -0.05) is 26.8 Å². The van der Waals surface area contributed by atoms with E-state index in [4.69, 9.17) is 4.98 Å². The van der Waals surface area contributed by atoms with Crippen molar-refractivity contribution in [3.8, 4) is 17.3 Å². The zero-order valence-corrected chi connectivity index (χ0v) is 19.2. The minimum atomic E-state index is -0.0634. The van der Waals surface area contributed by atoms with Crippen molar-refractivity contribution in [1.82, 2.24) is 24.3 Å². The lowest BCUT2D eigenvalue weighted by molar-refractivity contribution is 0.218. The number of aryl methyl sites for hydroxylation is 1. The number of rotatable bonds is 4. The van der Waals surface area contributed by atoms with Gasteiger partial charge in [0.05, 0.1) is 22.8 Å². The summed E-state index contributed by atoms with van der Waals surface area (Å²) in [5.41, 5.74) is 4.72. The fourth-order valence-corrected chi connectivity index (χ4v) is 5.12. The molecule has 5 rings (SSSR count). The molecular formula is C25H30N6O. The van der Waals surface area contributed by atoms with Gasteiger partial charge in [-0.3, -0.25) is 14.0 Å². The van der Waals surface area contributed by atoms with Gasteiger partial charge in [0.1, 0.15) is 0 Å². The van der Waals surface area contributed by atoms with Crippen LogP contribution in [0.1, 0.15) is 38.3 Å². The molecule has 0 spiro atoms. The van der Waals surface area contributed by atoms with E-state index in [1.807, 2.05) is 18.2 Å². The minimum Gasteiger partial charge on any atom is -0.311 e. The number of nitrogens with one attached hydrogen (secondary N) is 1. The zero-order chi connectivity index (χ0) is 22.6. The number of piperazine rings is 1. The quantitative estimate of drug-likeness (QED) is 0.689. The Bertz CT molecular complexity index is 1290. The van der Waals surface area contributed by atoms with Gasteiger partial charge in [0.2, 0.25) is 0 Å². The van der Waals surface area contributed by atoms with Crippen molar-refractivity contribution in [2.24, 2.45) is 12.5 Å². The number of benzene rings is 1. The van der Waals surface area contributed by atoms with Gasteiger partial charge in [0.25, 0.3) is 0 Å². The summed E-state index contributed by atoms with van der Waals surface area (Å²) in [7, 11) is 1.76. The smallest absolute Gasteiger partial charge is 0.311 e. The van der Waals surface area contributed by atoms with Crippen LogP contribution in [0.4, 0.5) is 0 Å². The number of fused-ring (bicyclic) bond motifs is 3. The second-order valence-corrected chi connectivity index (χ2v) is 10.4. The fourth-order valence-electron chi connectivity index (χ4n) is 5.12. The van der Waals surface area contributed by atoms with E-state index >= 15 is 0 Å². The number of likely N-dealkylation sites (tertiary alicyclic amines) is 1. The molecule has 2 aliphatic rings. The van der Waals surface area contributed by atoms with Crippen molar-refractivity contribution in [2.75, 3.05) is 13.1 Å². The van der Waals surface area contributed by atoms with Gasteiger partial charge in [-0.15, -0.1) is 0 Å². The molecule has 1 N–H and O–H groups in total. The average molecular weight is 431 g/mol. The minimum absolute atomic E-state index is 0.0242. The third kappa shape index (κ3) is 3.64. The van der Waals surface area contributed by atoms with Crippen LogP contribution in [0.5, 0.6) is 0 Å². The summed E-state index contributed by atoms with van der Waals surface area (Å²) in [5, 5.41) is 13.3. The highest BCUT2D eigenvalue weighted by atomic mass is 16.1. The summed E-state index contributed by atoms with van der Waals surface area (Å²) in [6.07, 6.45) is 1.22. The first-order valence-corrected chi connectivity index (χ1v) is 11.3. The molecule has 0 amide bonds. The molecule has 2 fully saturated rings. The maximum absolute atomic E-state index is 12.9. The number of aromatic nitrogens is 3. The Kier molecular flexibility index (Phi) is 4.95. The molecule has 0 saturated carbocycles. The molecule has 2 bridgehead atoms. The fraction of sp³-hybridized carbons (Fsp3) is 0.480. The van der Waals surface area contributed by atoms with Gasteiger partial charge in [-0.05, 0) is 41.7 Å². The molecule has 2 aliphatic heterocycles. The van der Waals surface area contributed by atoms with E-state index in [1.165, 1.54) is 12.0 Å². The van der Waals surface area contributed by atoms with Crippen molar-refractivity contribution in [3.05, 3.63) is 51.9 Å². The Balaban J connectivity index is 1.53. The molecule has 0 radical (unpaired) electrons. The normalized spacial score (nSPS) is 20.8. The molecule has 7 heteroatoms. The Morgan fingerprint density at radius 3 is 2.72 bits per heavy atom. The van der Waals surface area contributed by atoms with Gasteiger partial charge in [-0.2, -0.15) is 5.26 Å². The van der Waals surface area contributed by atoms with Crippen LogP contribution in [0.2, 0.25) is 0 Å². The number of nitrogens with zero attached hydrogens (tertiary/aromatic N) is 5. The predicted octanol–water partition coefficient (Wildman–Crippen LogP) is 2.87. The number of pyridine rings is 1. The van der Waals surface area contributed by atoms with E-state index in [1.54, 1.807) is 16.2 Å². The van der Waals surface area contributed by atoms with Crippen molar-refractivity contribution in [3.63, 3.8) is 0 Å². The van der Waals surface area contributed by atoms with Crippen molar-refractivity contribution >= 4 is 11.2 Å². The highest BCUT2D eigenvalue weighted by Gasteiger charge is 2.37. The molecule has 3 aromatic rings. The SMILES string of the molecule is Cn1c(=O)n(CC(C)(C)C)c2ccc(-c3cc(CN4C[C@@H]5CC4CN5)ccc3C#N)nc21. The van der Waals surface area contributed by atoms with Crippen LogP contribution in [-0.2, 0) is 20.1 Å². The second-order valence-electron chi connectivity index (χ2n) is 10.4. The summed E-state index contributed by atoms with van der Waals surface area (Å²) in [4.78, 5) is 20.2. The van der Waals surface area contributed by atoms with Crippen molar-refractivity contribution < 1.29 is 0 Å². The standard InChI is InChI=1S/C25H30N6O/c1-25(2,3)15-31-22-8-7-21(28-23(22)29(4)24(31)32)20-9-16(5-6-17(20)11-26)13-30-14-18-10-19(30)12-27-18/h5-9,18-19,27H,10,12-15H2,1-4H3/t18-,19?/m0/s1. The van der Waals surface area contributed by atoms with Crippen LogP contribution in [0.3, 0.4) is 0 Å². The van der Waals surface area contributed by atoms with Crippen molar-refractivity contribution in [1.29, 1.82) is 5.26 Å². The maximum Gasteiger partial charge on any atom is 0.330 e. The van der Waals surface area contributed by atoms with E-state index < -0.39 is 0 Å². The summed E-state index contributed by atoms with van der Waals surface area (Å²) in [5.74, 6) is 0. The van der Waals surface area contributed by atoms with Crippen LogP contribution in [0.25, 0.3) is 22.4 Å². The van der Waals surface area contributed by atoms with Crippen LogP contribution in [-0.4, -0.2) is 44.2 Å². The van der Waals surface area contributed by atoms with E-state index in [0.29, 0.717) is 29.8 Å². The molecule has 2 atom stereocenters. The largest absolute Gasteiger partial charge is 0.330 e. The number of hydrogen-bond donors (Lipinski definition) is 1. The van der Waals surface area contributed by atoms with Gasteiger partial charge in [0.15, 0.2) is 5.65 Å². The van der Waals surface area contributed by atoms with E-state index in [9.17, 15) is 10.1 Å². The highest BCUT2D eigenvalue weighted by Crippen LogP contribution is 2.29. The first kappa shape index (κ1) is 20.9. The molecule has 7 nitrogen and oxygen atoms in total. The summed E-state index contributed by atoms with van der Waals surface area (Å²) >= 11 is 0. The van der Waals surface area contributed by atoms with Crippen molar-refractivity contribution in [2.45, 2.75) is 52.4 Å². The van der Waals surface area contributed by atoms with E-state index in [2.05, 4.69) is 49.2 Å². The Morgan fingerprint density at radius 1 is 1.25 bits per heavy atom. The van der Waals surface area contributed by atoms with Crippen LogP contribution < -0.4 is 11.0 Å². The molecule has 2 aromatic heterocycles. The monoisotopic (exact) mass is 430 g/mol. The molecule has 32 heavy (non-hydrogen) atoms. The summed E-state index contributed by atoms with van der Waals surface area (Å²) in [6.45, 7) is 9.99. The number of hydrogen-bond acceptors (Lipinski definition) is 5. The van der Waals surface area contributed by atoms with Gasteiger partial charge >= 0.3 is 5.69 Å². The topological polar surface area (TPSA) is 78.9 Å². The number of imidazole rings is 1. The highest BCUT2D eigenvalue weighted by molar-refractivity contribution is 5.78. The van der Waals surface area contributed by atoms with Gasteiger partial charge in [-0.25, -0.2) is 9.78 Å². The lowest BCUT2D eigenvalue weighted by atomic mass is 9.97. The maximum atomic E-state index is 12.9. The molecule has 166 valence electrons. The lowest BCUT2D eigenvalue weighted by Gasteiger charge is -2.27. The Hall–Kier alpha value is -2.95. The predicted molar refractivity (Wildman–Crippen MR) is 125 cm³/mol. The second kappa shape index (κ2) is 7.58. The Labute approximate surface area is 188 Å². The number of nitriles is 1. The molecule has 2 saturated heterocycles. The first-order valence-electron chi connectivity index (χ1n) is 11.3. The molecule has 1 unspecified atom stereocenters. The van der Waals surface area contributed by atoms with Crippen LogP contribution >= 0.6 is 0 Å². The summed E-state index contributed by atoms with van der Waals surface area (Å²) in [6, 6.07) is 13.5. The van der Waals surface area contributed by atoms with Gasteiger partial charge < -0.3 is 5.32 Å². The molecule has 0 aliphatic carbocycles. The van der Waals surface area contributed by atoms with Gasteiger partial charge in [0, 0.05) is 50.9 Å². The zero-order valence-electron chi connectivity index (χ0n) is 19.2. The molecular weight excluding hydrogens is 400 g/mol. The van der Waals surface area contributed by atoms with Crippen LogP contribution in [0.15, 0.2) is 35.1 Å². The van der Waals surface area contributed by atoms with E-state index in [-0.39, 0.29) is 11.1 Å². The molecule has 1 aromatic carbocycles. The van der Waals surface area contributed by atoms with Crippen LogP contribution in [0, 0.1) is 16.7 Å². The van der Waals surface area contributed by atoms with E-state index in [0.717, 1.165) is 36.4 Å². The summed E-state index contributed by atoms with van der Waals surface area (Å²) < 4.78 is 3.40. The first-order chi connectivity index (χ1) is 15.2. The average Bonchev–Trinajstić information content (AvgIpc) is 3.44. The third-order valence-corrected chi connectivity index (χ3v) is 6.65.